The Labute approximate surface area is 235 Å². The zero-order valence-electron chi connectivity index (χ0n) is 22.6. The first-order valence-electron chi connectivity index (χ1n) is 14.2. The van der Waals surface area contributed by atoms with Gasteiger partial charge >= 0.3 is 12.1 Å². The van der Waals surface area contributed by atoms with Crippen LogP contribution in [0, 0.1) is 5.92 Å². The van der Waals surface area contributed by atoms with E-state index in [1.165, 1.54) is 11.3 Å². The van der Waals surface area contributed by atoms with Crippen molar-refractivity contribution >= 4 is 18.0 Å². The third-order valence-electron chi connectivity index (χ3n) is 8.08. The molecule has 1 unspecified atom stereocenters. The van der Waals surface area contributed by atoms with Crippen LogP contribution in [0.3, 0.4) is 0 Å². The molecule has 0 bridgehead atoms. The number of hydrogen-bond donors (Lipinski definition) is 2. The van der Waals surface area contributed by atoms with Crippen molar-refractivity contribution in [3.05, 3.63) is 95.6 Å². The van der Waals surface area contributed by atoms with Crippen molar-refractivity contribution in [3.8, 4) is 11.1 Å². The Balaban J connectivity index is 1.30. The van der Waals surface area contributed by atoms with E-state index in [2.05, 4.69) is 29.6 Å². The van der Waals surface area contributed by atoms with E-state index < -0.39 is 30.6 Å². The highest BCUT2D eigenvalue weighted by Crippen LogP contribution is 2.44. The number of nitrogens with zero attached hydrogens (tertiary/aromatic N) is 1. The molecule has 7 nitrogen and oxygen atoms in total. The molecule has 2 amide bonds. The fraction of sp³-hybridized carbons (Fsp3) is 0.364. The van der Waals surface area contributed by atoms with Crippen LogP contribution >= 0.6 is 0 Å². The summed E-state index contributed by atoms with van der Waals surface area (Å²) in [6.07, 6.45) is 5.16. The highest BCUT2D eigenvalue weighted by Gasteiger charge is 2.33. The Kier molecular flexibility index (Phi) is 8.79. The summed E-state index contributed by atoms with van der Waals surface area (Å²) in [5, 5.41) is 12.4. The number of nitrogens with one attached hydrogen (secondary N) is 1. The van der Waals surface area contributed by atoms with Crippen LogP contribution in [0.1, 0.15) is 61.1 Å². The van der Waals surface area contributed by atoms with Gasteiger partial charge in [0.05, 0.1) is 0 Å². The van der Waals surface area contributed by atoms with E-state index >= 15 is 0 Å². The summed E-state index contributed by atoms with van der Waals surface area (Å²) in [5.41, 5.74) is 5.34. The van der Waals surface area contributed by atoms with Gasteiger partial charge in [-0.05, 0) is 40.2 Å². The van der Waals surface area contributed by atoms with Crippen molar-refractivity contribution < 1.29 is 24.2 Å². The minimum absolute atomic E-state index is 0.0905. The van der Waals surface area contributed by atoms with Crippen LogP contribution in [-0.4, -0.2) is 47.2 Å². The van der Waals surface area contributed by atoms with Gasteiger partial charge in [-0.1, -0.05) is 111 Å². The Hall–Kier alpha value is -4.13. The zero-order valence-corrected chi connectivity index (χ0v) is 22.6. The highest BCUT2D eigenvalue weighted by molar-refractivity contribution is 5.88. The maximum Gasteiger partial charge on any atom is 0.407 e. The lowest BCUT2D eigenvalue weighted by Crippen LogP contribution is -2.50. The number of carboxylic acids is 1. The molecule has 2 aliphatic carbocycles. The fourth-order valence-corrected chi connectivity index (χ4v) is 6.16. The van der Waals surface area contributed by atoms with E-state index in [1.54, 1.807) is 0 Å². The van der Waals surface area contributed by atoms with Crippen molar-refractivity contribution in [2.75, 3.05) is 13.2 Å². The standard InChI is InChI=1S/C33H36N2O5/c36-31(37)21-35(20-24-13-5-2-6-14-24)32(38)30(19-23-11-3-1-4-12-23)34-33(39)40-22-29-27-17-9-7-15-25(27)26-16-8-10-18-28(26)29/h2,5-10,13-18,23,29-30H,1,3-4,11-12,19-22H2,(H,34,39)(H,36,37). The summed E-state index contributed by atoms with van der Waals surface area (Å²) < 4.78 is 5.75. The van der Waals surface area contributed by atoms with Gasteiger partial charge in [0, 0.05) is 12.5 Å². The molecule has 208 valence electrons. The largest absolute Gasteiger partial charge is 0.480 e. The Bertz CT molecular complexity index is 1290. The average Bonchev–Trinajstić information content (AvgIpc) is 3.29. The number of carboxylic acid groups (broad SMARTS) is 1. The van der Waals surface area contributed by atoms with Crippen molar-refractivity contribution in [2.45, 2.75) is 57.0 Å². The van der Waals surface area contributed by atoms with Crippen molar-refractivity contribution in [3.63, 3.8) is 0 Å². The molecular weight excluding hydrogens is 504 g/mol. The van der Waals surface area contributed by atoms with Gasteiger partial charge in [-0.25, -0.2) is 4.79 Å². The summed E-state index contributed by atoms with van der Waals surface area (Å²) in [7, 11) is 0. The van der Waals surface area contributed by atoms with Crippen LogP contribution in [0.25, 0.3) is 11.1 Å². The van der Waals surface area contributed by atoms with Gasteiger partial charge in [0.15, 0.2) is 0 Å². The lowest BCUT2D eigenvalue weighted by atomic mass is 9.84. The van der Waals surface area contributed by atoms with Gasteiger partial charge in [0.25, 0.3) is 0 Å². The number of ether oxygens (including phenoxy) is 1. The Morgan fingerprint density at radius 3 is 2.08 bits per heavy atom. The number of carbonyl (C=O) groups is 3. The second kappa shape index (κ2) is 12.8. The van der Waals surface area contributed by atoms with Gasteiger partial charge in [0.1, 0.15) is 19.2 Å². The van der Waals surface area contributed by atoms with Crippen LogP contribution in [0.15, 0.2) is 78.9 Å². The summed E-state index contributed by atoms with van der Waals surface area (Å²) in [4.78, 5) is 39.9. The summed E-state index contributed by atoms with van der Waals surface area (Å²) in [6, 6.07) is 24.7. The van der Waals surface area contributed by atoms with Gasteiger partial charge in [-0.2, -0.15) is 0 Å². The molecule has 7 heteroatoms. The van der Waals surface area contributed by atoms with E-state index in [0.717, 1.165) is 53.5 Å². The van der Waals surface area contributed by atoms with Crippen LogP contribution in [-0.2, 0) is 20.9 Å². The zero-order chi connectivity index (χ0) is 27.9. The predicted molar refractivity (Wildman–Crippen MR) is 153 cm³/mol. The van der Waals surface area contributed by atoms with Crippen LogP contribution < -0.4 is 5.32 Å². The van der Waals surface area contributed by atoms with Gasteiger partial charge in [0.2, 0.25) is 5.91 Å². The van der Waals surface area contributed by atoms with E-state index in [-0.39, 0.29) is 19.1 Å². The molecule has 2 N–H and O–H groups in total. The summed E-state index contributed by atoms with van der Waals surface area (Å²) >= 11 is 0. The SMILES string of the molecule is O=C(O)CN(Cc1ccccc1)C(=O)C(CC1CCCCC1)NC(=O)OCC1c2ccccc2-c2ccccc21. The average molecular weight is 541 g/mol. The molecule has 0 heterocycles. The smallest absolute Gasteiger partial charge is 0.407 e. The van der Waals surface area contributed by atoms with Crippen LogP contribution in [0.2, 0.25) is 0 Å². The van der Waals surface area contributed by atoms with Gasteiger partial charge in [-0.3, -0.25) is 9.59 Å². The summed E-state index contributed by atoms with van der Waals surface area (Å²) in [5.74, 6) is -1.29. The molecule has 1 atom stereocenters. The quantitative estimate of drug-likeness (QED) is 0.330. The van der Waals surface area contributed by atoms with E-state index in [1.807, 2.05) is 54.6 Å². The molecule has 1 saturated carbocycles. The molecule has 0 saturated heterocycles. The third-order valence-corrected chi connectivity index (χ3v) is 8.08. The fourth-order valence-electron chi connectivity index (χ4n) is 6.16. The first-order valence-corrected chi connectivity index (χ1v) is 14.2. The molecule has 0 spiro atoms. The first-order chi connectivity index (χ1) is 19.5. The van der Waals surface area contributed by atoms with Crippen LogP contribution in [0.4, 0.5) is 4.79 Å². The van der Waals surface area contributed by atoms with Gasteiger partial charge < -0.3 is 20.1 Å². The lowest BCUT2D eigenvalue weighted by Gasteiger charge is -2.30. The topological polar surface area (TPSA) is 95.9 Å². The van der Waals surface area contributed by atoms with Gasteiger partial charge in [-0.15, -0.1) is 0 Å². The van der Waals surface area contributed by atoms with E-state index in [0.29, 0.717) is 12.3 Å². The number of hydrogen-bond acceptors (Lipinski definition) is 4. The van der Waals surface area contributed by atoms with Crippen LogP contribution in [0.5, 0.6) is 0 Å². The molecule has 3 aromatic rings. The number of alkyl carbamates (subject to hydrolysis) is 1. The van der Waals surface area contributed by atoms with Crippen molar-refractivity contribution in [1.29, 1.82) is 0 Å². The number of benzene rings is 3. The number of fused-ring (bicyclic) bond motifs is 3. The molecule has 5 rings (SSSR count). The molecule has 3 aromatic carbocycles. The third kappa shape index (κ3) is 6.53. The first kappa shape index (κ1) is 27.4. The monoisotopic (exact) mass is 540 g/mol. The molecule has 40 heavy (non-hydrogen) atoms. The summed E-state index contributed by atoms with van der Waals surface area (Å²) in [6.45, 7) is -0.145. The second-order valence-corrected chi connectivity index (χ2v) is 10.8. The normalized spacial score (nSPS) is 15.5. The molecule has 1 fully saturated rings. The molecule has 0 aliphatic heterocycles. The van der Waals surface area contributed by atoms with E-state index in [9.17, 15) is 19.5 Å². The maximum absolute atomic E-state index is 13.8. The minimum atomic E-state index is -1.10. The highest BCUT2D eigenvalue weighted by atomic mass is 16.5. The number of carbonyl (C=O) groups excluding carboxylic acids is 2. The molecule has 0 radical (unpaired) electrons. The number of aliphatic carboxylic acids is 1. The minimum Gasteiger partial charge on any atom is -0.480 e. The van der Waals surface area contributed by atoms with Crippen molar-refractivity contribution in [2.24, 2.45) is 5.92 Å². The molecular formula is C33H36N2O5. The maximum atomic E-state index is 13.8. The Morgan fingerprint density at radius 2 is 1.45 bits per heavy atom. The molecule has 2 aliphatic rings. The number of amides is 2. The Morgan fingerprint density at radius 1 is 0.850 bits per heavy atom. The lowest BCUT2D eigenvalue weighted by molar-refractivity contribution is -0.146. The second-order valence-electron chi connectivity index (χ2n) is 10.8. The predicted octanol–water partition coefficient (Wildman–Crippen LogP) is 5.98. The van der Waals surface area contributed by atoms with E-state index in [4.69, 9.17) is 4.74 Å². The van der Waals surface area contributed by atoms with Crippen molar-refractivity contribution in [1.82, 2.24) is 10.2 Å². The molecule has 0 aromatic heterocycles. The number of rotatable bonds is 10.